The van der Waals surface area contributed by atoms with E-state index in [2.05, 4.69) is 0 Å². The highest BCUT2D eigenvalue weighted by Gasteiger charge is 2.09. The molecule has 82 valence electrons. The van der Waals surface area contributed by atoms with E-state index in [0.717, 1.165) is 16.7 Å². The monoisotopic (exact) mass is 214 g/mol. The standard InChI is InChI=1S/C14H14O2/c1-9-4-3-5-11(8-9)12-6-7-13(15)10(2)14(12)16/h3-8,15-16H,1-2H3. The van der Waals surface area contributed by atoms with Crippen molar-refractivity contribution >= 4 is 0 Å². The molecule has 0 aliphatic heterocycles. The number of aryl methyl sites for hydroxylation is 1. The number of benzene rings is 2. The van der Waals surface area contributed by atoms with Gasteiger partial charge in [-0.3, -0.25) is 0 Å². The van der Waals surface area contributed by atoms with Crippen LogP contribution in [0.15, 0.2) is 36.4 Å². The summed E-state index contributed by atoms with van der Waals surface area (Å²) in [6, 6.07) is 11.2. The summed E-state index contributed by atoms with van der Waals surface area (Å²) in [5.41, 5.74) is 3.36. The molecule has 0 aliphatic carbocycles. The first-order valence-electron chi connectivity index (χ1n) is 5.18. The summed E-state index contributed by atoms with van der Waals surface area (Å²) in [6.45, 7) is 3.71. The number of hydrogen-bond donors (Lipinski definition) is 2. The highest BCUT2D eigenvalue weighted by Crippen LogP contribution is 2.36. The van der Waals surface area contributed by atoms with Crippen LogP contribution in [0.3, 0.4) is 0 Å². The molecule has 2 aromatic carbocycles. The molecule has 0 saturated carbocycles. The van der Waals surface area contributed by atoms with E-state index in [1.165, 1.54) is 0 Å². The normalized spacial score (nSPS) is 10.4. The second kappa shape index (κ2) is 3.89. The van der Waals surface area contributed by atoms with Crippen LogP contribution in [-0.2, 0) is 0 Å². The zero-order valence-corrected chi connectivity index (χ0v) is 9.36. The van der Waals surface area contributed by atoms with Crippen molar-refractivity contribution in [2.75, 3.05) is 0 Å². The van der Waals surface area contributed by atoms with Crippen molar-refractivity contribution in [2.24, 2.45) is 0 Å². The lowest BCUT2D eigenvalue weighted by Gasteiger charge is -2.09. The Morgan fingerprint density at radius 2 is 1.69 bits per heavy atom. The molecule has 0 aromatic heterocycles. The van der Waals surface area contributed by atoms with Crippen LogP contribution >= 0.6 is 0 Å². The smallest absolute Gasteiger partial charge is 0.129 e. The van der Waals surface area contributed by atoms with Gasteiger partial charge in [0, 0.05) is 11.1 Å². The number of hydrogen-bond acceptors (Lipinski definition) is 2. The first-order chi connectivity index (χ1) is 7.59. The number of rotatable bonds is 1. The van der Waals surface area contributed by atoms with E-state index in [1.54, 1.807) is 19.1 Å². The van der Waals surface area contributed by atoms with Crippen LogP contribution in [-0.4, -0.2) is 10.2 Å². The van der Waals surface area contributed by atoms with Crippen LogP contribution in [0.1, 0.15) is 11.1 Å². The quantitative estimate of drug-likeness (QED) is 0.764. The third-order valence-corrected chi connectivity index (χ3v) is 2.73. The van der Waals surface area contributed by atoms with Gasteiger partial charge in [-0.05, 0) is 31.5 Å². The Hall–Kier alpha value is -1.96. The molecule has 2 N–H and O–H groups in total. The van der Waals surface area contributed by atoms with E-state index in [4.69, 9.17) is 0 Å². The number of phenols is 2. The Labute approximate surface area is 94.8 Å². The molecule has 0 amide bonds. The fourth-order valence-corrected chi connectivity index (χ4v) is 1.74. The Morgan fingerprint density at radius 1 is 0.938 bits per heavy atom. The zero-order chi connectivity index (χ0) is 11.7. The largest absolute Gasteiger partial charge is 0.508 e. The van der Waals surface area contributed by atoms with Gasteiger partial charge in [0.15, 0.2) is 0 Å². The molecule has 0 atom stereocenters. The lowest BCUT2D eigenvalue weighted by Crippen LogP contribution is -1.84. The summed E-state index contributed by atoms with van der Waals surface area (Å²) in [7, 11) is 0. The first kappa shape index (κ1) is 10.6. The molecule has 2 heteroatoms. The second-order valence-electron chi connectivity index (χ2n) is 3.98. The van der Waals surface area contributed by atoms with Gasteiger partial charge >= 0.3 is 0 Å². The first-order valence-corrected chi connectivity index (χ1v) is 5.18. The molecular weight excluding hydrogens is 200 g/mol. The minimum absolute atomic E-state index is 0.119. The molecule has 2 rings (SSSR count). The maximum absolute atomic E-state index is 9.96. The van der Waals surface area contributed by atoms with Gasteiger partial charge < -0.3 is 10.2 Å². The summed E-state index contributed by atoms with van der Waals surface area (Å²) >= 11 is 0. The summed E-state index contributed by atoms with van der Waals surface area (Å²) in [5.74, 6) is 0.263. The van der Waals surface area contributed by atoms with Crippen molar-refractivity contribution in [2.45, 2.75) is 13.8 Å². The van der Waals surface area contributed by atoms with E-state index in [0.29, 0.717) is 5.56 Å². The lowest BCUT2D eigenvalue weighted by atomic mass is 10.00. The molecular formula is C14H14O2. The Kier molecular flexibility index (Phi) is 2.57. The Balaban J connectivity index is 2.61. The molecule has 2 nitrogen and oxygen atoms in total. The third-order valence-electron chi connectivity index (χ3n) is 2.73. The fourth-order valence-electron chi connectivity index (χ4n) is 1.74. The average molecular weight is 214 g/mol. The van der Waals surface area contributed by atoms with E-state index in [1.807, 2.05) is 31.2 Å². The van der Waals surface area contributed by atoms with Crippen molar-refractivity contribution in [3.05, 3.63) is 47.5 Å². The molecule has 0 bridgehead atoms. The molecule has 16 heavy (non-hydrogen) atoms. The van der Waals surface area contributed by atoms with Gasteiger partial charge in [-0.25, -0.2) is 0 Å². The van der Waals surface area contributed by atoms with E-state index < -0.39 is 0 Å². The predicted molar refractivity (Wildman–Crippen MR) is 64.7 cm³/mol. The van der Waals surface area contributed by atoms with Crippen molar-refractivity contribution in [3.8, 4) is 22.6 Å². The highest BCUT2D eigenvalue weighted by molar-refractivity contribution is 5.73. The molecule has 0 radical (unpaired) electrons. The minimum Gasteiger partial charge on any atom is -0.508 e. The SMILES string of the molecule is Cc1cccc(-c2ccc(O)c(C)c2O)c1. The molecule has 0 saturated heterocycles. The van der Waals surface area contributed by atoms with Crippen molar-refractivity contribution in [1.82, 2.24) is 0 Å². The van der Waals surface area contributed by atoms with E-state index in [9.17, 15) is 10.2 Å². The summed E-state index contributed by atoms with van der Waals surface area (Å²) in [6.07, 6.45) is 0. The van der Waals surface area contributed by atoms with Gasteiger partial charge in [0.25, 0.3) is 0 Å². The van der Waals surface area contributed by atoms with Crippen LogP contribution in [0.4, 0.5) is 0 Å². The fraction of sp³-hybridized carbons (Fsp3) is 0.143. The minimum atomic E-state index is 0.119. The van der Waals surface area contributed by atoms with Gasteiger partial charge in [-0.2, -0.15) is 0 Å². The van der Waals surface area contributed by atoms with E-state index in [-0.39, 0.29) is 11.5 Å². The Morgan fingerprint density at radius 3 is 2.38 bits per heavy atom. The molecule has 0 heterocycles. The zero-order valence-electron chi connectivity index (χ0n) is 9.36. The summed E-state index contributed by atoms with van der Waals surface area (Å²) in [4.78, 5) is 0. The van der Waals surface area contributed by atoms with Gasteiger partial charge in [-0.1, -0.05) is 29.8 Å². The van der Waals surface area contributed by atoms with Gasteiger partial charge in [0.2, 0.25) is 0 Å². The van der Waals surface area contributed by atoms with Gasteiger partial charge in [0.1, 0.15) is 11.5 Å². The van der Waals surface area contributed by atoms with Gasteiger partial charge in [0.05, 0.1) is 0 Å². The lowest BCUT2D eigenvalue weighted by molar-refractivity contribution is 0.444. The molecule has 0 unspecified atom stereocenters. The van der Waals surface area contributed by atoms with E-state index >= 15 is 0 Å². The predicted octanol–water partition coefficient (Wildman–Crippen LogP) is 3.38. The van der Waals surface area contributed by atoms with Crippen LogP contribution < -0.4 is 0 Å². The topological polar surface area (TPSA) is 40.5 Å². The summed E-state index contributed by atoms with van der Waals surface area (Å²) < 4.78 is 0. The maximum Gasteiger partial charge on any atom is 0.129 e. The molecule has 2 aromatic rings. The molecule has 0 fully saturated rings. The third kappa shape index (κ3) is 1.74. The van der Waals surface area contributed by atoms with Crippen LogP contribution in [0.2, 0.25) is 0 Å². The number of phenolic OH excluding ortho intramolecular Hbond substituents is 2. The molecule has 0 spiro atoms. The van der Waals surface area contributed by atoms with Crippen LogP contribution in [0.25, 0.3) is 11.1 Å². The van der Waals surface area contributed by atoms with Gasteiger partial charge in [-0.15, -0.1) is 0 Å². The Bertz CT molecular complexity index is 530. The molecule has 0 aliphatic rings. The van der Waals surface area contributed by atoms with Crippen molar-refractivity contribution in [3.63, 3.8) is 0 Å². The van der Waals surface area contributed by atoms with Crippen LogP contribution in [0.5, 0.6) is 11.5 Å². The van der Waals surface area contributed by atoms with Crippen molar-refractivity contribution in [1.29, 1.82) is 0 Å². The summed E-state index contributed by atoms with van der Waals surface area (Å²) in [5, 5.41) is 19.4. The maximum atomic E-state index is 9.96. The van der Waals surface area contributed by atoms with Crippen molar-refractivity contribution < 1.29 is 10.2 Å². The number of aromatic hydroxyl groups is 2. The average Bonchev–Trinajstić information content (AvgIpc) is 2.26. The highest BCUT2D eigenvalue weighted by atomic mass is 16.3. The second-order valence-corrected chi connectivity index (χ2v) is 3.98. The van der Waals surface area contributed by atoms with Crippen LogP contribution in [0, 0.1) is 13.8 Å².